The Morgan fingerprint density at radius 2 is 1.74 bits per heavy atom. The van der Waals surface area contributed by atoms with Crippen molar-refractivity contribution in [2.24, 2.45) is 0 Å². The van der Waals surface area contributed by atoms with Crippen LogP contribution in [0.2, 0.25) is 0 Å². The molecule has 0 spiro atoms. The van der Waals surface area contributed by atoms with E-state index in [9.17, 15) is 5.21 Å². The molecular formula is C13H18Cl2N2O2. The van der Waals surface area contributed by atoms with Crippen LogP contribution in [0.5, 0.6) is 0 Å². The molecule has 0 amide bonds. The molecule has 106 valence electrons. The van der Waals surface area contributed by atoms with Crippen molar-refractivity contribution >= 4 is 35.1 Å². The summed E-state index contributed by atoms with van der Waals surface area (Å²) in [4.78, 5) is 2.09. The van der Waals surface area contributed by atoms with Crippen LogP contribution in [0.4, 0.5) is 5.69 Å². The van der Waals surface area contributed by atoms with E-state index >= 15 is 0 Å². The largest absolute Gasteiger partial charge is 0.624 e. The molecule has 1 N–H and O–H groups in total. The topological polar surface area (TPSA) is 49.5 Å². The number of hydrogen-bond acceptors (Lipinski definition) is 3. The van der Waals surface area contributed by atoms with Crippen molar-refractivity contribution in [1.82, 2.24) is 0 Å². The highest BCUT2D eigenvalue weighted by molar-refractivity contribution is 6.18. The van der Waals surface area contributed by atoms with Crippen molar-refractivity contribution in [2.75, 3.05) is 42.9 Å². The number of hydroxylamine groups is 1. The summed E-state index contributed by atoms with van der Waals surface area (Å²) in [5.41, 5.74) is 1.82. The number of aliphatic hydroxyl groups is 1. The lowest BCUT2D eigenvalue weighted by Gasteiger charge is -2.22. The summed E-state index contributed by atoms with van der Waals surface area (Å²) < 4.78 is 0.713. The number of benzene rings is 1. The van der Waals surface area contributed by atoms with Crippen LogP contribution in [0.1, 0.15) is 5.56 Å². The van der Waals surface area contributed by atoms with E-state index in [2.05, 4.69) is 4.90 Å². The number of halogens is 2. The average Bonchev–Trinajstić information content (AvgIpc) is 2.40. The van der Waals surface area contributed by atoms with Gasteiger partial charge < -0.3 is 15.2 Å². The SMILES string of the molecule is [O-][N+](=Cc1ccc(N(CCCl)CCCl)cc1)CCO. The second-order valence-corrected chi connectivity index (χ2v) is 4.71. The van der Waals surface area contributed by atoms with Crippen LogP contribution in [0.3, 0.4) is 0 Å². The molecule has 19 heavy (non-hydrogen) atoms. The summed E-state index contributed by atoms with van der Waals surface area (Å²) in [7, 11) is 0. The smallest absolute Gasteiger partial charge is 0.181 e. The molecule has 6 heteroatoms. The summed E-state index contributed by atoms with van der Waals surface area (Å²) in [5, 5.41) is 19.9. The lowest BCUT2D eigenvalue weighted by molar-refractivity contribution is -0.455. The Labute approximate surface area is 123 Å². The molecule has 0 fully saturated rings. The zero-order valence-electron chi connectivity index (χ0n) is 10.6. The van der Waals surface area contributed by atoms with E-state index in [-0.39, 0.29) is 13.2 Å². The molecule has 0 unspecified atom stereocenters. The molecule has 0 aliphatic rings. The van der Waals surface area contributed by atoms with Crippen LogP contribution in [-0.2, 0) is 0 Å². The zero-order valence-corrected chi connectivity index (χ0v) is 12.1. The van der Waals surface area contributed by atoms with E-state index in [1.54, 1.807) is 0 Å². The third kappa shape index (κ3) is 5.68. The van der Waals surface area contributed by atoms with Gasteiger partial charge in [-0.05, 0) is 24.3 Å². The van der Waals surface area contributed by atoms with Gasteiger partial charge in [0.05, 0.1) is 0 Å². The molecule has 1 aromatic rings. The maximum absolute atomic E-state index is 11.3. The molecule has 0 saturated carbocycles. The summed E-state index contributed by atoms with van der Waals surface area (Å²) in [6.07, 6.45) is 1.45. The first kappa shape index (κ1) is 16.1. The van der Waals surface area contributed by atoms with Gasteiger partial charge in [0, 0.05) is 36.1 Å². The van der Waals surface area contributed by atoms with E-state index in [0.29, 0.717) is 16.5 Å². The highest BCUT2D eigenvalue weighted by Crippen LogP contribution is 2.14. The molecule has 1 rings (SSSR count). The van der Waals surface area contributed by atoms with Crippen LogP contribution in [0, 0.1) is 5.21 Å². The third-order valence-electron chi connectivity index (χ3n) is 2.58. The van der Waals surface area contributed by atoms with Gasteiger partial charge in [-0.25, -0.2) is 4.74 Å². The van der Waals surface area contributed by atoms with Crippen LogP contribution in [0.25, 0.3) is 0 Å². The van der Waals surface area contributed by atoms with Gasteiger partial charge in [0.25, 0.3) is 0 Å². The van der Waals surface area contributed by atoms with Gasteiger partial charge in [-0.3, -0.25) is 0 Å². The standard InChI is InChI=1S/C13H18Cl2N2O2/c14-5-7-16(8-6-15)13-3-1-12(2-4-13)11-17(19)9-10-18/h1-4,11,18H,5-10H2. The molecule has 0 aliphatic carbocycles. The fourth-order valence-electron chi connectivity index (χ4n) is 1.67. The Hall–Kier alpha value is -0.970. The van der Waals surface area contributed by atoms with Crippen LogP contribution in [0.15, 0.2) is 24.3 Å². The van der Waals surface area contributed by atoms with Crippen molar-refractivity contribution in [1.29, 1.82) is 0 Å². The highest BCUT2D eigenvalue weighted by atomic mass is 35.5. The molecule has 0 bridgehead atoms. The van der Waals surface area contributed by atoms with Gasteiger partial charge in [0.15, 0.2) is 12.8 Å². The molecule has 4 nitrogen and oxygen atoms in total. The minimum Gasteiger partial charge on any atom is -0.624 e. The van der Waals surface area contributed by atoms with Crippen LogP contribution < -0.4 is 4.90 Å². The normalized spacial score (nSPS) is 11.6. The average molecular weight is 305 g/mol. The molecule has 0 atom stereocenters. The number of aliphatic hydroxyl groups excluding tert-OH is 1. The van der Waals surface area contributed by atoms with Gasteiger partial charge in [-0.2, -0.15) is 0 Å². The summed E-state index contributed by atoms with van der Waals surface area (Å²) in [6.45, 7) is 1.38. The maximum Gasteiger partial charge on any atom is 0.181 e. The van der Waals surface area contributed by atoms with Crippen LogP contribution >= 0.6 is 23.2 Å². The number of hydrogen-bond donors (Lipinski definition) is 1. The van der Waals surface area contributed by atoms with E-state index in [1.165, 1.54) is 6.21 Å². The molecule has 0 saturated heterocycles. The van der Waals surface area contributed by atoms with Crippen molar-refractivity contribution in [2.45, 2.75) is 0 Å². The van der Waals surface area contributed by atoms with Crippen molar-refractivity contribution in [3.63, 3.8) is 0 Å². The molecule has 0 heterocycles. The lowest BCUT2D eigenvalue weighted by atomic mass is 10.2. The van der Waals surface area contributed by atoms with E-state index in [0.717, 1.165) is 24.3 Å². The van der Waals surface area contributed by atoms with Gasteiger partial charge in [0.1, 0.15) is 6.61 Å². The first-order valence-electron chi connectivity index (χ1n) is 6.07. The number of nitrogens with zero attached hydrogens (tertiary/aromatic N) is 2. The van der Waals surface area contributed by atoms with E-state index in [1.807, 2.05) is 24.3 Å². The second kappa shape index (κ2) is 9.02. The second-order valence-electron chi connectivity index (χ2n) is 3.95. The molecule has 0 aliphatic heterocycles. The van der Waals surface area contributed by atoms with Crippen molar-refractivity contribution in [3.8, 4) is 0 Å². The predicted octanol–water partition coefficient (Wildman–Crippen LogP) is 1.89. The van der Waals surface area contributed by atoms with Gasteiger partial charge in [0.2, 0.25) is 0 Å². The minimum atomic E-state index is -0.155. The molecular weight excluding hydrogens is 287 g/mol. The predicted molar refractivity (Wildman–Crippen MR) is 80.8 cm³/mol. The summed E-state index contributed by atoms with van der Waals surface area (Å²) in [5.74, 6) is 1.07. The summed E-state index contributed by atoms with van der Waals surface area (Å²) >= 11 is 11.5. The highest BCUT2D eigenvalue weighted by Gasteiger charge is 2.05. The van der Waals surface area contributed by atoms with E-state index in [4.69, 9.17) is 28.3 Å². The van der Waals surface area contributed by atoms with Crippen molar-refractivity contribution < 1.29 is 9.85 Å². The Morgan fingerprint density at radius 3 is 2.21 bits per heavy atom. The summed E-state index contributed by atoms with van der Waals surface area (Å²) in [6, 6.07) is 7.57. The Bertz CT molecular complexity index is 390. The first-order chi connectivity index (χ1) is 9.21. The zero-order chi connectivity index (χ0) is 14.1. The number of rotatable bonds is 8. The fourth-order valence-corrected chi connectivity index (χ4v) is 2.08. The Morgan fingerprint density at radius 1 is 1.16 bits per heavy atom. The van der Waals surface area contributed by atoms with E-state index < -0.39 is 0 Å². The van der Waals surface area contributed by atoms with Gasteiger partial charge >= 0.3 is 0 Å². The molecule has 0 radical (unpaired) electrons. The van der Waals surface area contributed by atoms with Crippen LogP contribution in [-0.4, -0.2) is 54.1 Å². The quantitative estimate of drug-likeness (QED) is 0.262. The number of anilines is 1. The number of alkyl halides is 2. The van der Waals surface area contributed by atoms with Crippen molar-refractivity contribution in [3.05, 3.63) is 35.0 Å². The Kier molecular flexibility index (Phi) is 7.63. The Balaban J connectivity index is 2.76. The fraction of sp³-hybridized carbons (Fsp3) is 0.462. The molecule has 0 aromatic heterocycles. The lowest BCUT2D eigenvalue weighted by Crippen LogP contribution is -2.27. The first-order valence-corrected chi connectivity index (χ1v) is 7.14. The third-order valence-corrected chi connectivity index (χ3v) is 2.92. The maximum atomic E-state index is 11.3. The van der Waals surface area contributed by atoms with Gasteiger partial charge in [-0.1, -0.05) is 0 Å². The molecule has 1 aromatic carbocycles. The van der Waals surface area contributed by atoms with Gasteiger partial charge in [-0.15, -0.1) is 23.2 Å². The minimum absolute atomic E-state index is 0.0758. The monoisotopic (exact) mass is 304 g/mol.